The van der Waals surface area contributed by atoms with Crippen LogP contribution in [0, 0.1) is 0 Å². The average Bonchev–Trinajstić information content (AvgIpc) is 2.46. The third-order valence-electron chi connectivity index (χ3n) is 3.18. The number of nitrogen functional groups attached to an aromatic ring is 1. The molecule has 3 aromatic rings. The van der Waals surface area contributed by atoms with Crippen LogP contribution in [0.3, 0.4) is 0 Å². The van der Waals surface area contributed by atoms with Crippen LogP contribution in [0.5, 0.6) is 0 Å². The van der Waals surface area contributed by atoms with Gasteiger partial charge in [-0.2, -0.15) is 0 Å². The molecule has 0 saturated heterocycles. The molecule has 1 heterocycles. The molecule has 0 aliphatic carbocycles. The lowest BCUT2D eigenvalue weighted by Crippen LogP contribution is -2.13. The van der Waals surface area contributed by atoms with E-state index in [0.29, 0.717) is 5.95 Å². The number of nitrogens with one attached hydrogen (secondary N) is 1. The van der Waals surface area contributed by atoms with E-state index in [2.05, 4.69) is 29.1 Å². The van der Waals surface area contributed by atoms with Crippen molar-refractivity contribution in [1.29, 1.82) is 0 Å². The molecular formula is C17H18N4. The van der Waals surface area contributed by atoms with E-state index in [-0.39, 0.29) is 6.04 Å². The highest BCUT2D eigenvalue weighted by atomic mass is 15.1. The third kappa shape index (κ3) is 2.79. The fraction of sp³-hybridized carbons (Fsp3) is 0.176. The summed E-state index contributed by atoms with van der Waals surface area (Å²) in [6.45, 7) is 4.14. The Labute approximate surface area is 124 Å². The quantitative estimate of drug-likeness (QED) is 0.717. The number of nitrogens with zero attached hydrogens (tertiary/aromatic N) is 2. The summed E-state index contributed by atoms with van der Waals surface area (Å²) in [5, 5.41) is 4.29. The molecule has 0 saturated carbocycles. The van der Waals surface area contributed by atoms with E-state index in [1.54, 1.807) is 0 Å². The zero-order valence-corrected chi connectivity index (χ0v) is 12.2. The first kappa shape index (κ1) is 13.4. The number of aromatic nitrogens is 2. The summed E-state index contributed by atoms with van der Waals surface area (Å²) >= 11 is 0. The Morgan fingerprint density at radius 3 is 2.57 bits per heavy atom. The second kappa shape index (κ2) is 5.40. The predicted molar refractivity (Wildman–Crippen MR) is 88.1 cm³/mol. The molecule has 4 nitrogen and oxygen atoms in total. The number of hydrogen-bond acceptors (Lipinski definition) is 4. The number of fused-ring (bicyclic) bond motifs is 1. The topological polar surface area (TPSA) is 63.8 Å². The van der Waals surface area contributed by atoms with E-state index in [9.17, 15) is 0 Å². The van der Waals surface area contributed by atoms with Gasteiger partial charge >= 0.3 is 0 Å². The van der Waals surface area contributed by atoms with Crippen molar-refractivity contribution in [1.82, 2.24) is 9.97 Å². The lowest BCUT2D eigenvalue weighted by Gasteiger charge is -2.12. The van der Waals surface area contributed by atoms with Crippen molar-refractivity contribution in [2.45, 2.75) is 19.9 Å². The molecule has 1 aromatic heterocycles. The maximum Gasteiger partial charge on any atom is 0.224 e. The van der Waals surface area contributed by atoms with Gasteiger partial charge in [0.1, 0.15) is 0 Å². The minimum atomic E-state index is 0.278. The molecule has 0 aliphatic rings. The zero-order valence-electron chi connectivity index (χ0n) is 12.2. The third-order valence-corrected chi connectivity index (χ3v) is 3.18. The number of rotatable bonds is 3. The van der Waals surface area contributed by atoms with Crippen molar-refractivity contribution in [2.24, 2.45) is 0 Å². The summed E-state index contributed by atoms with van der Waals surface area (Å²) < 4.78 is 0. The van der Waals surface area contributed by atoms with Crippen LogP contribution < -0.4 is 11.1 Å². The van der Waals surface area contributed by atoms with Gasteiger partial charge in [0.2, 0.25) is 5.95 Å². The monoisotopic (exact) mass is 278 g/mol. The van der Waals surface area contributed by atoms with Crippen molar-refractivity contribution < 1.29 is 0 Å². The number of benzene rings is 2. The molecule has 21 heavy (non-hydrogen) atoms. The number of para-hydroxylation sites is 1. The van der Waals surface area contributed by atoms with Gasteiger partial charge in [-0.25, -0.2) is 9.97 Å². The van der Waals surface area contributed by atoms with Gasteiger partial charge in [0.15, 0.2) is 0 Å². The summed E-state index contributed by atoms with van der Waals surface area (Å²) in [4.78, 5) is 9.25. The maximum absolute atomic E-state index is 5.90. The fourth-order valence-corrected chi connectivity index (χ4v) is 2.31. The van der Waals surface area contributed by atoms with Crippen LogP contribution in [0.25, 0.3) is 22.2 Å². The Bertz CT molecular complexity index is 781. The van der Waals surface area contributed by atoms with Crippen LogP contribution in [0.2, 0.25) is 0 Å². The molecule has 3 N–H and O–H groups in total. The molecule has 0 unspecified atom stereocenters. The molecule has 0 fully saturated rings. The molecule has 2 aromatic carbocycles. The van der Waals surface area contributed by atoms with Crippen molar-refractivity contribution >= 4 is 22.5 Å². The minimum Gasteiger partial charge on any atom is -0.399 e. The highest BCUT2D eigenvalue weighted by Crippen LogP contribution is 2.28. The van der Waals surface area contributed by atoms with Crippen LogP contribution in [0.15, 0.2) is 48.5 Å². The van der Waals surface area contributed by atoms with Gasteiger partial charge in [-0.15, -0.1) is 0 Å². The van der Waals surface area contributed by atoms with Crippen LogP contribution in [0.4, 0.5) is 11.6 Å². The van der Waals surface area contributed by atoms with E-state index in [1.807, 2.05) is 48.5 Å². The standard InChI is InChI=1S/C17H18N4/c1-11(2)19-17-20-15-9-4-3-8-14(15)16(21-17)12-6-5-7-13(18)10-12/h3-11H,18H2,1-2H3,(H,19,20,21). The second-order valence-electron chi connectivity index (χ2n) is 5.34. The minimum absolute atomic E-state index is 0.278. The SMILES string of the molecule is CC(C)Nc1nc(-c2cccc(N)c2)c2ccccc2n1. The molecule has 0 atom stereocenters. The van der Waals surface area contributed by atoms with E-state index in [0.717, 1.165) is 27.8 Å². The van der Waals surface area contributed by atoms with Crippen LogP contribution >= 0.6 is 0 Å². The smallest absolute Gasteiger partial charge is 0.224 e. The number of nitrogens with two attached hydrogens (primary N) is 1. The van der Waals surface area contributed by atoms with Crippen molar-refractivity contribution in [3.8, 4) is 11.3 Å². The van der Waals surface area contributed by atoms with Crippen LogP contribution in [0.1, 0.15) is 13.8 Å². The zero-order chi connectivity index (χ0) is 14.8. The Morgan fingerprint density at radius 1 is 1.00 bits per heavy atom. The Kier molecular flexibility index (Phi) is 3.44. The van der Waals surface area contributed by atoms with Crippen LogP contribution in [-0.4, -0.2) is 16.0 Å². The summed E-state index contributed by atoms with van der Waals surface area (Å²) in [7, 11) is 0. The van der Waals surface area contributed by atoms with Gasteiger partial charge in [0, 0.05) is 22.7 Å². The van der Waals surface area contributed by atoms with Gasteiger partial charge in [0.05, 0.1) is 11.2 Å². The molecule has 3 rings (SSSR count). The number of anilines is 2. The van der Waals surface area contributed by atoms with Gasteiger partial charge in [-0.1, -0.05) is 30.3 Å². The molecule has 0 bridgehead atoms. The Hall–Kier alpha value is -2.62. The van der Waals surface area contributed by atoms with Crippen molar-refractivity contribution in [3.63, 3.8) is 0 Å². The molecule has 0 radical (unpaired) electrons. The molecule has 0 amide bonds. The van der Waals surface area contributed by atoms with Crippen molar-refractivity contribution in [3.05, 3.63) is 48.5 Å². The largest absolute Gasteiger partial charge is 0.399 e. The first-order valence-corrected chi connectivity index (χ1v) is 7.03. The molecule has 4 heteroatoms. The predicted octanol–water partition coefficient (Wildman–Crippen LogP) is 3.70. The molecular weight excluding hydrogens is 260 g/mol. The van der Waals surface area contributed by atoms with E-state index >= 15 is 0 Å². The highest BCUT2D eigenvalue weighted by molar-refractivity contribution is 5.93. The molecule has 0 spiro atoms. The maximum atomic E-state index is 5.90. The van der Waals surface area contributed by atoms with Gasteiger partial charge in [-0.05, 0) is 32.0 Å². The molecule has 106 valence electrons. The Morgan fingerprint density at radius 2 is 1.81 bits per heavy atom. The van der Waals surface area contributed by atoms with Crippen LogP contribution in [-0.2, 0) is 0 Å². The van der Waals surface area contributed by atoms with Gasteiger partial charge in [0.25, 0.3) is 0 Å². The van der Waals surface area contributed by atoms with E-state index in [1.165, 1.54) is 0 Å². The summed E-state index contributed by atoms with van der Waals surface area (Å²) in [6.07, 6.45) is 0. The van der Waals surface area contributed by atoms with Gasteiger partial charge < -0.3 is 11.1 Å². The summed E-state index contributed by atoms with van der Waals surface area (Å²) in [5.74, 6) is 0.640. The lowest BCUT2D eigenvalue weighted by atomic mass is 10.1. The molecule has 0 aliphatic heterocycles. The van der Waals surface area contributed by atoms with E-state index in [4.69, 9.17) is 5.73 Å². The lowest BCUT2D eigenvalue weighted by molar-refractivity contribution is 0.878. The van der Waals surface area contributed by atoms with Gasteiger partial charge in [-0.3, -0.25) is 0 Å². The normalized spacial score (nSPS) is 11.0. The highest BCUT2D eigenvalue weighted by Gasteiger charge is 2.10. The second-order valence-corrected chi connectivity index (χ2v) is 5.34. The summed E-state index contributed by atoms with van der Waals surface area (Å²) in [6, 6.07) is 16.1. The fourth-order valence-electron chi connectivity index (χ4n) is 2.31. The Balaban J connectivity index is 2.23. The number of hydrogen-bond donors (Lipinski definition) is 2. The first-order valence-electron chi connectivity index (χ1n) is 7.03. The van der Waals surface area contributed by atoms with E-state index < -0.39 is 0 Å². The first-order chi connectivity index (χ1) is 10.1. The van der Waals surface area contributed by atoms with Crippen molar-refractivity contribution in [2.75, 3.05) is 11.1 Å². The summed E-state index contributed by atoms with van der Waals surface area (Å²) in [5.41, 5.74) is 9.45. The average molecular weight is 278 g/mol.